The summed E-state index contributed by atoms with van der Waals surface area (Å²) < 4.78 is 0. The Kier molecular flexibility index (Phi) is 3.85. The number of nitrogens with one attached hydrogen (secondary N) is 1. The lowest BCUT2D eigenvalue weighted by molar-refractivity contribution is 0.232. The van der Waals surface area contributed by atoms with E-state index in [2.05, 4.69) is 29.8 Å². The van der Waals surface area contributed by atoms with Crippen molar-refractivity contribution in [1.29, 1.82) is 0 Å². The molecule has 0 heterocycles. The molecule has 0 aliphatic rings. The third-order valence-corrected chi connectivity index (χ3v) is 0.970. The Morgan fingerprint density at radius 3 is 2.50 bits per heavy atom. The topological polar surface area (TPSA) is 32.3 Å². The molecule has 0 bridgehead atoms. The van der Waals surface area contributed by atoms with E-state index in [0.717, 1.165) is 0 Å². The van der Waals surface area contributed by atoms with Gasteiger partial charge in [0.15, 0.2) is 6.23 Å². The minimum absolute atomic E-state index is 0.492. The van der Waals surface area contributed by atoms with Crippen LogP contribution in [0.4, 0.5) is 0 Å². The second-order valence-electron chi connectivity index (χ2n) is 1.30. The number of hydrogen-bond acceptors (Lipinski definition) is 3. The number of aliphatic hydroxyl groups excluding tert-OH is 1. The van der Waals surface area contributed by atoms with E-state index in [9.17, 15) is 0 Å². The normalized spacial score (nSPS) is 12.2. The molecule has 2 nitrogen and oxygen atoms in total. The maximum Gasteiger partial charge on any atom is 0.157 e. The molecule has 0 saturated heterocycles. The van der Waals surface area contributed by atoms with Gasteiger partial charge in [-0.15, -0.1) is 0 Å². The van der Waals surface area contributed by atoms with Crippen molar-refractivity contribution in [2.45, 2.75) is 13.2 Å². The summed E-state index contributed by atoms with van der Waals surface area (Å²) in [5.41, 5.74) is 1.24. The SMILES string of the molecule is CC(=S)C(O)NC=S. The van der Waals surface area contributed by atoms with Crippen LogP contribution in [0.15, 0.2) is 0 Å². The molecule has 0 aromatic rings. The molecule has 0 amide bonds. The fraction of sp³-hybridized carbons (Fsp3) is 0.500. The lowest BCUT2D eigenvalue weighted by atomic mass is 10.4. The maximum atomic E-state index is 8.78. The van der Waals surface area contributed by atoms with Crippen LogP contribution < -0.4 is 5.32 Å². The summed E-state index contributed by atoms with van der Waals surface area (Å²) in [6.45, 7) is 1.64. The number of thiocarbonyl (C=S) groups is 2. The van der Waals surface area contributed by atoms with Crippen LogP contribution in [0, 0.1) is 0 Å². The Morgan fingerprint density at radius 1 is 1.88 bits per heavy atom. The van der Waals surface area contributed by atoms with Gasteiger partial charge in [0, 0.05) is 4.86 Å². The van der Waals surface area contributed by atoms with Gasteiger partial charge in [-0.25, -0.2) is 0 Å². The van der Waals surface area contributed by atoms with Gasteiger partial charge in [0.2, 0.25) is 0 Å². The Morgan fingerprint density at radius 2 is 2.38 bits per heavy atom. The first-order chi connectivity index (χ1) is 3.68. The van der Waals surface area contributed by atoms with Crippen molar-refractivity contribution in [3.8, 4) is 0 Å². The first-order valence-corrected chi connectivity index (χ1v) is 2.94. The Bertz CT molecular complexity index is 104. The monoisotopic (exact) mass is 149 g/mol. The highest BCUT2D eigenvalue weighted by Gasteiger charge is 1.99. The van der Waals surface area contributed by atoms with E-state index >= 15 is 0 Å². The molecule has 0 radical (unpaired) electrons. The molecule has 46 valence electrons. The van der Waals surface area contributed by atoms with E-state index in [1.807, 2.05) is 0 Å². The molecule has 1 atom stereocenters. The van der Waals surface area contributed by atoms with Crippen molar-refractivity contribution in [2.75, 3.05) is 0 Å². The van der Waals surface area contributed by atoms with Crippen LogP contribution in [0.2, 0.25) is 0 Å². The summed E-state index contributed by atoms with van der Waals surface area (Å²) in [5.74, 6) is 0. The Balaban J connectivity index is 3.46. The average molecular weight is 149 g/mol. The van der Waals surface area contributed by atoms with Crippen molar-refractivity contribution in [1.82, 2.24) is 5.32 Å². The van der Waals surface area contributed by atoms with Gasteiger partial charge in [-0.1, -0.05) is 24.4 Å². The van der Waals surface area contributed by atoms with Gasteiger partial charge in [0.05, 0.1) is 5.49 Å². The zero-order chi connectivity index (χ0) is 6.57. The van der Waals surface area contributed by atoms with Crippen molar-refractivity contribution in [3.05, 3.63) is 0 Å². The first-order valence-electron chi connectivity index (χ1n) is 2.06. The Labute approximate surface area is 58.9 Å². The summed E-state index contributed by atoms with van der Waals surface area (Å²) >= 11 is 9.00. The second kappa shape index (κ2) is 3.88. The summed E-state index contributed by atoms with van der Waals surface area (Å²) in [4.78, 5) is 0.492. The molecule has 2 N–H and O–H groups in total. The van der Waals surface area contributed by atoms with E-state index in [0.29, 0.717) is 4.86 Å². The number of hydrogen-bond donors (Lipinski definition) is 2. The third-order valence-electron chi connectivity index (χ3n) is 0.611. The molecule has 0 fully saturated rings. The predicted molar refractivity (Wildman–Crippen MR) is 41.1 cm³/mol. The van der Waals surface area contributed by atoms with Gasteiger partial charge >= 0.3 is 0 Å². The fourth-order valence-electron chi connectivity index (χ4n) is 0.182. The van der Waals surface area contributed by atoms with E-state index in [-0.39, 0.29) is 0 Å². The zero-order valence-electron chi connectivity index (χ0n) is 4.42. The molecule has 0 saturated carbocycles. The highest BCUT2D eigenvalue weighted by Crippen LogP contribution is 1.79. The standard InChI is InChI=1S/C4H7NOS2/c1-3(8)4(6)5-2-7/h2,4,6H,1H3,(H,5,7). The van der Waals surface area contributed by atoms with Crippen molar-refractivity contribution >= 4 is 34.8 Å². The van der Waals surface area contributed by atoms with E-state index < -0.39 is 6.23 Å². The van der Waals surface area contributed by atoms with E-state index in [1.54, 1.807) is 6.92 Å². The third kappa shape index (κ3) is 3.01. The van der Waals surface area contributed by atoms with Crippen molar-refractivity contribution < 1.29 is 5.11 Å². The smallest absolute Gasteiger partial charge is 0.157 e. The molecule has 0 spiro atoms. The summed E-state index contributed by atoms with van der Waals surface area (Å²) in [7, 11) is 0. The van der Waals surface area contributed by atoms with Crippen LogP contribution in [0.5, 0.6) is 0 Å². The Hall–Kier alpha value is -0.0600. The molecule has 0 aliphatic carbocycles. The molecule has 0 aromatic carbocycles. The molecule has 1 unspecified atom stereocenters. The summed E-state index contributed by atoms with van der Waals surface area (Å²) in [5, 5.41) is 11.2. The summed E-state index contributed by atoms with van der Waals surface area (Å²) in [6.07, 6.45) is -0.762. The minimum atomic E-state index is -0.762. The molecule has 0 aromatic heterocycles. The van der Waals surface area contributed by atoms with Crippen LogP contribution in [0.25, 0.3) is 0 Å². The quantitative estimate of drug-likeness (QED) is 0.445. The molecule has 4 heteroatoms. The van der Waals surface area contributed by atoms with Crippen LogP contribution >= 0.6 is 24.4 Å². The van der Waals surface area contributed by atoms with Crippen LogP contribution in [0.3, 0.4) is 0 Å². The maximum absolute atomic E-state index is 8.78. The van der Waals surface area contributed by atoms with Gasteiger partial charge in [0.1, 0.15) is 0 Å². The van der Waals surface area contributed by atoms with Crippen LogP contribution in [-0.4, -0.2) is 21.7 Å². The lowest BCUT2D eigenvalue weighted by Crippen LogP contribution is -2.31. The molecular formula is C4H7NOS2. The predicted octanol–water partition coefficient (Wildman–Crippen LogP) is 0.241. The van der Waals surface area contributed by atoms with Gasteiger partial charge in [0.25, 0.3) is 0 Å². The van der Waals surface area contributed by atoms with Crippen molar-refractivity contribution in [3.63, 3.8) is 0 Å². The number of rotatable bonds is 3. The molecule has 0 rings (SSSR count). The number of aliphatic hydroxyl groups is 1. The highest BCUT2D eigenvalue weighted by atomic mass is 32.1. The molecule has 0 aliphatic heterocycles. The largest absolute Gasteiger partial charge is 0.369 e. The lowest BCUT2D eigenvalue weighted by Gasteiger charge is -2.05. The first kappa shape index (κ1) is 7.94. The highest BCUT2D eigenvalue weighted by molar-refractivity contribution is 7.80. The van der Waals surface area contributed by atoms with E-state index in [1.165, 1.54) is 5.49 Å². The molecular weight excluding hydrogens is 142 g/mol. The van der Waals surface area contributed by atoms with Crippen LogP contribution in [-0.2, 0) is 0 Å². The fourth-order valence-corrected chi connectivity index (χ4v) is 0.379. The van der Waals surface area contributed by atoms with Crippen molar-refractivity contribution in [2.24, 2.45) is 0 Å². The molecule has 8 heavy (non-hydrogen) atoms. The van der Waals surface area contributed by atoms with Crippen LogP contribution in [0.1, 0.15) is 6.92 Å². The minimum Gasteiger partial charge on any atom is -0.369 e. The second-order valence-corrected chi connectivity index (χ2v) is 2.18. The zero-order valence-corrected chi connectivity index (χ0v) is 6.05. The average Bonchev–Trinajstić information content (AvgIpc) is 1.67. The van der Waals surface area contributed by atoms with Gasteiger partial charge in [-0.3, -0.25) is 0 Å². The van der Waals surface area contributed by atoms with Gasteiger partial charge in [-0.2, -0.15) is 0 Å². The van der Waals surface area contributed by atoms with Gasteiger partial charge < -0.3 is 10.4 Å². The summed E-state index contributed by atoms with van der Waals surface area (Å²) in [6, 6.07) is 0. The van der Waals surface area contributed by atoms with E-state index in [4.69, 9.17) is 5.11 Å². The van der Waals surface area contributed by atoms with Gasteiger partial charge in [-0.05, 0) is 6.92 Å².